The van der Waals surface area contributed by atoms with Crippen LogP contribution in [0.2, 0.25) is 5.02 Å². The van der Waals surface area contributed by atoms with Gasteiger partial charge in [0.1, 0.15) is 4.90 Å². The number of carbonyl (C=O) groups excluding carboxylic acids is 3. The van der Waals surface area contributed by atoms with Crippen LogP contribution in [0.3, 0.4) is 0 Å². The number of amides is 3. The van der Waals surface area contributed by atoms with Crippen molar-refractivity contribution < 1.29 is 32.5 Å². The summed E-state index contributed by atoms with van der Waals surface area (Å²) in [5.41, 5.74) is -0.411. The SMILES string of the molecule is CNC(=O)NC(=O)COC(=O)C1CCN(S(=O)(=O)c2cc([N+](=O)[O-])ccc2Cl)CC1. The van der Waals surface area contributed by atoms with Gasteiger partial charge in [0.15, 0.2) is 6.61 Å². The molecular formula is C16H19ClN4O8S. The van der Waals surface area contributed by atoms with Crippen molar-refractivity contribution >= 4 is 45.2 Å². The van der Waals surface area contributed by atoms with E-state index in [0.29, 0.717) is 0 Å². The van der Waals surface area contributed by atoms with Crippen molar-refractivity contribution in [1.29, 1.82) is 0 Å². The van der Waals surface area contributed by atoms with Gasteiger partial charge in [-0.2, -0.15) is 4.31 Å². The quantitative estimate of drug-likeness (QED) is 0.353. The summed E-state index contributed by atoms with van der Waals surface area (Å²) >= 11 is 5.93. The number of rotatable bonds is 6. The Labute approximate surface area is 176 Å². The Bertz CT molecular complexity index is 960. The molecule has 2 rings (SSSR count). The van der Waals surface area contributed by atoms with Gasteiger partial charge in [-0.15, -0.1) is 0 Å². The Balaban J connectivity index is 1.97. The van der Waals surface area contributed by atoms with E-state index >= 15 is 0 Å². The predicted octanol–water partition coefficient (Wildman–Crippen LogP) is 0.648. The van der Waals surface area contributed by atoms with Crippen molar-refractivity contribution in [2.45, 2.75) is 17.7 Å². The van der Waals surface area contributed by atoms with Crippen LogP contribution in [0.1, 0.15) is 12.8 Å². The molecule has 1 fully saturated rings. The molecular weight excluding hydrogens is 444 g/mol. The normalized spacial score (nSPS) is 15.3. The first-order valence-electron chi connectivity index (χ1n) is 8.68. The lowest BCUT2D eigenvalue weighted by atomic mass is 9.98. The third kappa shape index (κ3) is 5.64. The summed E-state index contributed by atoms with van der Waals surface area (Å²) in [7, 11) is -2.79. The van der Waals surface area contributed by atoms with Gasteiger partial charge >= 0.3 is 12.0 Å². The number of carbonyl (C=O) groups is 3. The van der Waals surface area contributed by atoms with E-state index in [9.17, 15) is 32.9 Å². The maximum atomic E-state index is 12.8. The van der Waals surface area contributed by atoms with Crippen LogP contribution >= 0.6 is 11.6 Å². The largest absolute Gasteiger partial charge is 0.455 e. The second-order valence-corrected chi connectivity index (χ2v) is 8.60. The number of hydrogen-bond acceptors (Lipinski definition) is 8. The van der Waals surface area contributed by atoms with E-state index in [0.717, 1.165) is 22.5 Å². The maximum Gasteiger partial charge on any atom is 0.321 e. The first kappa shape index (κ1) is 23.5. The average molecular weight is 463 g/mol. The molecule has 0 atom stereocenters. The number of nitro groups is 1. The van der Waals surface area contributed by atoms with Crippen LogP contribution in [0.5, 0.6) is 0 Å². The lowest BCUT2D eigenvalue weighted by Gasteiger charge is -2.30. The zero-order valence-electron chi connectivity index (χ0n) is 15.8. The minimum absolute atomic E-state index is 0.0362. The van der Waals surface area contributed by atoms with Crippen molar-refractivity contribution in [1.82, 2.24) is 14.9 Å². The van der Waals surface area contributed by atoms with Gasteiger partial charge in [0.25, 0.3) is 11.6 Å². The Kier molecular flexibility index (Phi) is 7.70. The highest BCUT2D eigenvalue weighted by atomic mass is 35.5. The van der Waals surface area contributed by atoms with Crippen LogP contribution in [-0.4, -0.2) is 62.3 Å². The van der Waals surface area contributed by atoms with Gasteiger partial charge in [-0.3, -0.25) is 25.0 Å². The molecule has 0 unspecified atom stereocenters. The molecule has 1 aliphatic heterocycles. The highest BCUT2D eigenvalue weighted by Gasteiger charge is 2.34. The van der Waals surface area contributed by atoms with Gasteiger partial charge in [0, 0.05) is 32.3 Å². The standard InChI is InChI=1S/C16H19ClN4O8S/c1-18-16(24)19-14(22)9-29-15(23)10-4-6-20(7-5-10)30(27,28)13-8-11(21(25)26)2-3-12(13)17/h2-3,8,10H,4-7,9H2,1H3,(H2,18,19,22,24). The number of benzene rings is 1. The average Bonchev–Trinajstić information content (AvgIpc) is 2.71. The predicted molar refractivity (Wildman–Crippen MR) is 103 cm³/mol. The van der Waals surface area contributed by atoms with Crippen LogP contribution in [0.15, 0.2) is 23.1 Å². The first-order chi connectivity index (χ1) is 14.1. The Morgan fingerprint density at radius 1 is 1.30 bits per heavy atom. The Morgan fingerprint density at radius 2 is 1.93 bits per heavy atom. The fraction of sp³-hybridized carbons (Fsp3) is 0.438. The van der Waals surface area contributed by atoms with E-state index in [4.69, 9.17) is 16.3 Å². The zero-order valence-corrected chi connectivity index (χ0v) is 17.4. The Morgan fingerprint density at radius 3 is 2.50 bits per heavy atom. The van der Waals surface area contributed by atoms with E-state index < -0.39 is 51.1 Å². The van der Waals surface area contributed by atoms with Crippen LogP contribution in [0.25, 0.3) is 0 Å². The van der Waals surface area contributed by atoms with E-state index in [-0.39, 0.29) is 35.8 Å². The smallest absolute Gasteiger partial charge is 0.321 e. The lowest BCUT2D eigenvalue weighted by molar-refractivity contribution is -0.385. The van der Waals surface area contributed by atoms with E-state index in [2.05, 4.69) is 5.32 Å². The molecule has 164 valence electrons. The summed E-state index contributed by atoms with van der Waals surface area (Å²) in [5.74, 6) is -2.12. The molecule has 0 aliphatic carbocycles. The third-order valence-corrected chi connectivity index (χ3v) is 6.74. The number of urea groups is 1. The molecule has 1 aliphatic rings. The number of nitrogens with zero attached hydrogens (tertiary/aromatic N) is 2. The molecule has 1 aromatic carbocycles. The number of non-ortho nitro benzene ring substituents is 1. The number of sulfonamides is 1. The van der Waals surface area contributed by atoms with Gasteiger partial charge in [0.2, 0.25) is 10.0 Å². The molecule has 1 heterocycles. The molecule has 30 heavy (non-hydrogen) atoms. The molecule has 0 radical (unpaired) electrons. The van der Waals surface area contributed by atoms with Crippen molar-refractivity contribution in [3.05, 3.63) is 33.3 Å². The summed E-state index contributed by atoms with van der Waals surface area (Å²) in [6, 6.07) is 2.39. The summed E-state index contributed by atoms with van der Waals surface area (Å²) in [5, 5.41) is 14.9. The van der Waals surface area contributed by atoms with Crippen molar-refractivity contribution in [3.63, 3.8) is 0 Å². The van der Waals surface area contributed by atoms with Crippen molar-refractivity contribution in [2.24, 2.45) is 5.92 Å². The summed E-state index contributed by atoms with van der Waals surface area (Å²) in [6.07, 6.45) is 0.253. The lowest BCUT2D eigenvalue weighted by Crippen LogP contribution is -2.42. The van der Waals surface area contributed by atoms with E-state index in [1.807, 2.05) is 5.32 Å². The number of hydrogen-bond donors (Lipinski definition) is 2. The highest BCUT2D eigenvalue weighted by molar-refractivity contribution is 7.89. The van der Waals surface area contributed by atoms with Crippen molar-refractivity contribution in [2.75, 3.05) is 26.7 Å². The summed E-state index contributed by atoms with van der Waals surface area (Å²) < 4.78 is 31.6. The van der Waals surface area contributed by atoms with Crippen LogP contribution in [-0.2, 0) is 24.3 Å². The van der Waals surface area contributed by atoms with Crippen molar-refractivity contribution in [3.8, 4) is 0 Å². The van der Waals surface area contributed by atoms with Crippen LogP contribution in [0.4, 0.5) is 10.5 Å². The summed E-state index contributed by atoms with van der Waals surface area (Å²) in [4.78, 5) is 44.4. The maximum absolute atomic E-state index is 12.8. The number of ether oxygens (including phenoxy) is 1. The minimum atomic E-state index is -4.10. The number of imide groups is 1. The molecule has 1 aromatic rings. The highest BCUT2D eigenvalue weighted by Crippen LogP contribution is 2.31. The van der Waals surface area contributed by atoms with Gasteiger partial charge in [-0.1, -0.05) is 11.6 Å². The monoisotopic (exact) mass is 462 g/mol. The molecule has 0 aromatic heterocycles. The van der Waals surface area contributed by atoms with Gasteiger partial charge < -0.3 is 10.1 Å². The second kappa shape index (κ2) is 9.82. The topological polar surface area (TPSA) is 165 Å². The summed E-state index contributed by atoms with van der Waals surface area (Å²) in [6.45, 7) is -0.717. The number of halogens is 1. The fourth-order valence-electron chi connectivity index (χ4n) is 2.75. The van der Waals surface area contributed by atoms with Gasteiger partial charge in [-0.05, 0) is 18.9 Å². The van der Waals surface area contributed by atoms with E-state index in [1.165, 1.54) is 7.05 Å². The third-order valence-electron chi connectivity index (χ3n) is 4.36. The Hall–Kier alpha value is -2.77. The molecule has 0 bridgehead atoms. The number of nitro benzene ring substituents is 1. The molecule has 0 saturated carbocycles. The van der Waals surface area contributed by atoms with Crippen LogP contribution < -0.4 is 10.6 Å². The van der Waals surface area contributed by atoms with Gasteiger partial charge in [-0.25, -0.2) is 13.2 Å². The van der Waals surface area contributed by atoms with E-state index in [1.54, 1.807) is 0 Å². The molecule has 3 amide bonds. The number of piperidine rings is 1. The molecule has 0 spiro atoms. The second-order valence-electron chi connectivity index (χ2n) is 6.29. The first-order valence-corrected chi connectivity index (χ1v) is 10.5. The minimum Gasteiger partial charge on any atom is -0.455 e. The number of esters is 1. The zero-order chi connectivity index (χ0) is 22.5. The van der Waals surface area contributed by atoms with Crippen LogP contribution in [0, 0.1) is 16.0 Å². The number of nitrogens with one attached hydrogen (secondary N) is 2. The van der Waals surface area contributed by atoms with Gasteiger partial charge in [0.05, 0.1) is 15.9 Å². The fourth-order valence-corrected chi connectivity index (χ4v) is 4.72. The molecule has 14 heteroatoms. The molecule has 1 saturated heterocycles. The molecule has 12 nitrogen and oxygen atoms in total. The molecule has 2 N–H and O–H groups in total.